The molecular formula is C42H46O6. The molecule has 3 rings (SSSR count). The maximum absolute atomic E-state index is 11.0. The second kappa shape index (κ2) is 22.3. The number of esters is 2. The summed E-state index contributed by atoms with van der Waals surface area (Å²) in [5.41, 5.74) is 4.97. The van der Waals surface area contributed by atoms with E-state index in [-0.39, 0.29) is 11.9 Å². The first-order valence-corrected chi connectivity index (χ1v) is 16.7. The topological polar surface area (TPSA) is 71.1 Å². The molecule has 0 unspecified atom stereocenters. The van der Waals surface area contributed by atoms with Crippen molar-refractivity contribution in [2.45, 2.75) is 64.7 Å². The predicted molar refractivity (Wildman–Crippen MR) is 191 cm³/mol. The lowest BCUT2D eigenvalue weighted by molar-refractivity contribution is -0.138. The zero-order valence-electron chi connectivity index (χ0n) is 28.1. The van der Waals surface area contributed by atoms with E-state index in [0.717, 1.165) is 97.1 Å². The van der Waals surface area contributed by atoms with E-state index in [9.17, 15) is 9.59 Å². The molecule has 0 saturated carbocycles. The van der Waals surface area contributed by atoms with Gasteiger partial charge < -0.3 is 18.9 Å². The highest BCUT2D eigenvalue weighted by atomic mass is 16.5. The number of carbonyl (C=O) groups excluding carboxylic acids is 2. The van der Waals surface area contributed by atoms with Crippen LogP contribution in [0.3, 0.4) is 0 Å². The average Bonchev–Trinajstić information content (AvgIpc) is 3.12. The highest BCUT2D eigenvalue weighted by Gasteiger charge is 2.02. The zero-order valence-corrected chi connectivity index (χ0v) is 28.1. The zero-order chi connectivity index (χ0) is 34.2. The Morgan fingerprint density at radius 1 is 0.562 bits per heavy atom. The molecule has 3 aromatic rings. The van der Waals surface area contributed by atoms with Crippen molar-refractivity contribution in [1.29, 1.82) is 0 Å². The number of hydrogen-bond donors (Lipinski definition) is 0. The predicted octanol–water partition coefficient (Wildman–Crippen LogP) is 8.39. The molecular weight excluding hydrogens is 600 g/mol. The van der Waals surface area contributed by atoms with Crippen molar-refractivity contribution in [2.24, 2.45) is 0 Å². The van der Waals surface area contributed by atoms with Crippen LogP contribution < -0.4 is 9.47 Å². The molecule has 3 aromatic carbocycles. The molecule has 6 heteroatoms. The molecule has 0 heterocycles. The Bertz CT molecular complexity index is 1580. The van der Waals surface area contributed by atoms with E-state index in [4.69, 9.17) is 18.9 Å². The van der Waals surface area contributed by atoms with Crippen LogP contribution in [0.15, 0.2) is 92.0 Å². The Kier molecular flexibility index (Phi) is 17.3. The van der Waals surface area contributed by atoms with Crippen molar-refractivity contribution >= 4 is 11.9 Å². The molecule has 0 atom stereocenters. The van der Waals surface area contributed by atoms with Gasteiger partial charge >= 0.3 is 11.9 Å². The fourth-order valence-corrected chi connectivity index (χ4v) is 4.60. The minimum Gasteiger partial charge on any atom is -0.494 e. The molecule has 6 nitrogen and oxygen atoms in total. The van der Waals surface area contributed by atoms with Gasteiger partial charge in [0.05, 0.1) is 26.4 Å². The molecule has 0 aromatic heterocycles. The number of benzene rings is 3. The standard InChI is InChI=1S/C42H46O6/c1-4-37-33-36(16-15-34-19-25-39(26-20-34)45-29-11-8-7-9-12-31-47-41(43)5-2)18-24-38(37)23-17-35-21-27-40(28-22-35)46-30-13-10-14-32-48-42(44)6-3/h5-6,18-22,24-28,33H,2-4,7-14,29-32H2,1H3. The fourth-order valence-electron chi connectivity index (χ4n) is 4.60. The minimum atomic E-state index is -0.383. The smallest absolute Gasteiger partial charge is 0.330 e. The van der Waals surface area contributed by atoms with Crippen LogP contribution in [0.25, 0.3) is 0 Å². The van der Waals surface area contributed by atoms with Crippen LogP contribution in [0.1, 0.15) is 86.1 Å². The maximum Gasteiger partial charge on any atom is 0.330 e. The summed E-state index contributed by atoms with van der Waals surface area (Å²) < 4.78 is 21.7. The van der Waals surface area contributed by atoms with Gasteiger partial charge in [0.1, 0.15) is 11.5 Å². The number of rotatable bonds is 19. The molecule has 0 radical (unpaired) electrons. The van der Waals surface area contributed by atoms with Crippen LogP contribution in [0.5, 0.6) is 11.5 Å². The van der Waals surface area contributed by atoms with Gasteiger partial charge in [-0.05, 0) is 111 Å². The van der Waals surface area contributed by atoms with E-state index in [1.165, 1.54) is 12.2 Å². The van der Waals surface area contributed by atoms with Crippen molar-refractivity contribution < 1.29 is 28.5 Å². The van der Waals surface area contributed by atoms with Crippen molar-refractivity contribution in [3.8, 4) is 35.2 Å². The Morgan fingerprint density at radius 3 is 1.48 bits per heavy atom. The number of ether oxygens (including phenoxy) is 4. The molecule has 0 N–H and O–H groups in total. The second-order valence-electron chi connectivity index (χ2n) is 11.0. The third-order valence-corrected chi connectivity index (χ3v) is 7.32. The highest BCUT2D eigenvalue weighted by Crippen LogP contribution is 2.16. The summed E-state index contributed by atoms with van der Waals surface area (Å²) in [6.07, 6.45) is 10.9. The Morgan fingerprint density at radius 2 is 0.979 bits per heavy atom. The van der Waals surface area contributed by atoms with Gasteiger partial charge in [-0.1, -0.05) is 63.0 Å². The molecule has 48 heavy (non-hydrogen) atoms. The quantitative estimate of drug-likeness (QED) is 0.0564. The molecule has 0 amide bonds. The Labute approximate surface area is 286 Å². The van der Waals surface area contributed by atoms with Crippen LogP contribution in [0.4, 0.5) is 0 Å². The van der Waals surface area contributed by atoms with E-state index in [1.54, 1.807) is 0 Å². The number of aryl methyl sites for hydroxylation is 1. The summed E-state index contributed by atoms with van der Waals surface area (Å²) in [5, 5.41) is 0. The number of unbranched alkanes of at least 4 members (excludes halogenated alkanes) is 6. The lowest BCUT2D eigenvalue weighted by Gasteiger charge is -2.06. The third kappa shape index (κ3) is 14.9. The first-order chi connectivity index (χ1) is 23.5. The first-order valence-electron chi connectivity index (χ1n) is 16.7. The van der Waals surface area contributed by atoms with E-state index in [2.05, 4.69) is 49.8 Å². The van der Waals surface area contributed by atoms with Crippen molar-refractivity contribution in [2.75, 3.05) is 26.4 Å². The summed E-state index contributed by atoms with van der Waals surface area (Å²) in [5.74, 6) is 14.0. The summed E-state index contributed by atoms with van der Waals surface area (Å²) in [7, 11) is 0. The van der Waals surface area contributed by atoms with Crippen molar-refractivity contribution in [1.82, 2.24) is 0 Å². The molecule has 0 aliphatic rings. The number of hydrogen-bond acceptors (Lipinski definition) is 6. The fraction of sp³-hybridized carbons (Fsp3) is 0.333. The van der Waals surface area contributed by atoms with Crippen LogP contribution in [0, 0.1) is 23.7 Å². The molecule has 0 fully saturated rings. The second-order valence-corrected chi connectivity index (χ2v) is 11.0. The summed E-state index contributed by atoms with van der Waals surface area (Å²) in [6.45, 7) is 11.0. The van der Waals surface area contributed by atoms with Crippen LogP contribution in [-0.4, -0.2) is 38.4 Å². The van der Waals surface area contributed by atoms with Gasteiger partial charge in [0.15, 0.2) is 0 Å². The molecule has 0 aliphatic carbocycles. The lowest BCUT2D eigenvalue weighted by atomic mass is 10.0. The normalized spacial score (nSPS) is 10.0. The molecule has 250 valence electrons. The van der Waals surface area contributed by atoms with Gasteiger partial charge in [-0.15, -0.1) is 0 Å². The van der Waals surface area contributed by atoms with Gasteiger partial charge in [0.2, 0.25) is 0 Å². The van der Waals surface area contributed by atoms with Crippen molar-refractivity contribution in [3.63, 3.8) is 0 Å². The summed E-state index contributed by atoms with van der Waals surface area (Å²) >= 11 is 0. The third-order valence-electron chi connectivity index (χ3n) is 7.32. The van der Waals surface area contributed by atoms with Gasteiger partial charge in [-0.2, -0.15) is 0 Å². The SMILES string of the molecule is C=CC(=O)OCCCCCCCOc1ccc(C#Cc2ccc(C#Cc3ccc(OCCCCCOC(=O)C=C)cc3)c(CC)c2)cc1. The van der Waals surface area contributed by atoms with Gasteiger partial charge in [-0.3, -0.25) is 0 Å². The minimum absolute atomic E-state index is 0.360. The first kappa shape index (κ1) is 37.3. The largest absolute Gasteiger partial charge is 0.494 e. The van der Waals surface area contributed by atoms with E-state index in [1.807, 2.05) is 60.7 Å². The molecule has 0 saturated heterocycles. The van der Waals surface area contributed by atoms with Gasteiger partial charge in [-0.25, -0.2) is 9.59 Å². The number of carbonyl (C=O) groups is 2. The van der Waals surface area contributed by atoms with Gasteiger partial charge in [0.25, 0.3) is 0 Å². The molecule has 0 spiro atoms. The maximum atomic E-state index is 11.0. The Hall–Kier alpha value is -5.20. The molecule has 0 aliphatic heterocycles. The van der Waals surface area contributed by atoms with E-state index in [0.29, 0.717) is 26.4 Å². The highest BCUT2D eigenvalue weighted by molar-refractivity contribution is 5.81. The van der Waals surface area contributed by atoms with E-state index < -0.39 is 0 Å². The van der Waals surface area contributed by atoms with E-state index >= 15 is 0 Å². The summed E-state index contributed by atoms with van der Waals surface area (Å²) in [6, 6.07) is 21.9. The average molecular weight is 647 g/mol. The monoisotopic (exact) mass is 646 g/mol. The van der Waals surface area contributed by atoms with Crippen molar-refractivity contribution in [3.05, 3.63) is 120 Å². The van der Waals surface area contributed by atoms with Crippen LogP contribution in [-0.2, 0) is 25.5 Å². The van der Waals surface area contributed by atoms with Crippen LogP contribution >= 0.6 is 0 Å². The summed E-state index contributed by atoms with van der Waals surface area (Å²) in [4.78, 5) is 22.1. The molecule has 0 bridgehead atoms. The van der Waals surface area contributed by atoms with Gasteiger partial charge in [0, 0.05) is 34.4 Å². The Balaban J connectivity index is 1.40. The van der Waals surface area contributed by atoms with Crippen LogP contribution in [0.2, 0.25) is 0 Å². The lowest BCUT2D eigenvalue weighted by Crippen LogP contribution is -2.03.